The number of carboxylic acids is 1. The monoisotopic (exact) mass is 398 g/mol. The molecule has 4 heterocycles. The minimum absolute atomic E-state index is 0.156. The molecule has 0 spiro atoms. The van der Waals surface area contributed by atoms with Crippen molar-refractivity contribution in [3.8, 4) is 0 Å². The van der Waals surface area contributed by atoms with Crippen LogP contribution in [0.1, 0.15) is 29.4 Å². The summed E-state index contributed by atoms with van der Waals surface area (Å²) in [5, 5.41) is 17.7. The lowest BCUT2D eigenvalue weighted by Gasteiger charge is -2.32. The van der Waals surface area contributed by atoms with Crippen LogP contribution >= 0.6 is 11.6 Å². The third-order valence-electron chi connectivity index (χ3n) is 5.61. The molecule has 0 saturated heterocycles. The van der Waals surface area contributed by atoms with Gasteiger partial charge >= 0.3 is 5.97 Å². The Kier molecular flexibility index (Phi) is 3.83. The number of hydrogen-bond donors (Lipinski definition) is 3. The van der Waals surface area contributed by atoms with Gasteiger partial charge in [-0.25, -0.2) is 9.51 Å². The number of nitrogens with zero attached hydrogens (tertiary/aromatic N) is 4. The lowest BCUT2D eigenvalue weighted by Crippen LogP contribution is -2.32. The van der Waals surface area contributed by atoms with Gasteiger partial charge in [0, 0.05) is 30.9 Å². The van der Waals surface area contributed by atoms with Gasteiger partial charge in [0.1, 0.15) is 12.0 Å². The molecule has 5 rings (SSSR count). The molecule has 28 heavy (non-hydrogen) atoms. The van der Waals surface area contributed by atoms with Crippen molar-refractivity contribution in [3.63, 3.8) is 0 Å². The normalized spacial score (nSPS) is 20.9. The number of aromatic amines is 1. The van der Waals surface area contributed by atoms with Crippen LogP contribution < -0.4 is 5.32 Å². The summed E-state index contributed by atoms with van der Waals surface area (Å²) in [5.74, 6) is -0.304. The van der Waals surface area contributed by atoms with Crippen molar-refractivity contribution in [2.45, 2.75) is 25.4 Å². The van der Waals surface area contributed by atoms with Crippen molar-refractivity contribution < 1.29 is 9.90 Å². The number of rotatable bonds is 3. The highest BCUT2D eigenvalue weighted by Gasteiger charge is 2.34. The van der Waals surface area contributed by atoms with Gasteiger partial charge in [-0.15, -0.1) is 0 Å². The summed E-state index contributed by atoms with van der Waals surface area (Å²) in [6, 6.07) is 3.77. The van der Waals surface area contributed by atoms with E-state index in [0.717, 1.165) is 40.3 Å². The first-order valence-electron chi connectivity index (χ1n) is 9.14. The Balaban J connectivity index is 1.54. The van der Waals surface area contributed by atoms with Gasteiger partial charge in [0.15, 0.2) is 0 Å². The molecule has 2 atom stereocenters. The number of aliphatic carboxylic acids is 1. The Labute approximate surface area is 165 Å². The number of aliphatic imine (C=N–C) groups is 1. The number of carbonyl (C=O) groups is 1. The van der Waals surface area contributed by atoms with Crippen LogP contribution in [0.15, 0.2) is 29.5 Å². The topological polar surface area (TPSA) is 98.0 Å². The molecule has 0 amide bonds. The number of aromatic nitrogens is 3. The van der Waals surface area contributed by atoms with Gasteiger partial charge in [0.2, 0.25) is 0 Å². The van der Waals surface area contributed by atoms with E-state index in [-0.39, 0.29) is 12.1 Å². The predicted molar refractivity (Wildman–Crippen MR) is 106 cm³/mol. The summed E-state index contributed by atoms with van der Waals surface area (Å²) >= 11 is 6.60. The molecular weight excluding hydrogens is 380 g/mol. The summed E-state index contributed by atoms with van der Waals surface area (Å²) in [6.07, 6.45) is 7.05. The van der Waals surface area contributed by atoms with Crippen molar-refractivity contribution >= 4 is 40.9 Å². The van der Waals surface area contributed by atoms with E-state index in [2.05, 4.69) is 20.4 Å². The number of halogens is 1. The van der Waals surface area contributed by atoms with Crippen LogP contribution in [-0.4, -0.2) is 44.0 Å². The van der Waals surface area contributed by atoms with E-state index in [1.807, 2.05) is 30.3 Å². The van der Waals surface area contributed by atoms with Crippen LogP contribution in [0, 0.1) is 5.92 Å². The van der Waals surface area contributed by atoms with Gasteiger partial charge in [0.25, 0.3) is 0 Å². The SMILES string of the molecule is CN1C=Nc2[nH]c3c(c2C1Nc1ccn2nccc2c1Cl)CCC(C(=O)O)C3. The summed E-state index contributed by atoms with van der Waals surface area (Å²) < 4.78 is 1.73. The molecule has 0 aromatic carbocycles. The summed E-state index contributed by atoms with van der Waals surface area (Å²) in [7, 11) is 1.96. The fourth-order valence-corrected chi connectivity index (χ4v) is 4.41. The molecule has 2 unspecified atom stereocenters. The second-order valence-corrected chi connectivity index (χ2v) is 7.66. The molecule has 3 N–H and O–H groups in total. The zero-order valence-electron chi connectivity index (χ0n) is 15.2. The second-order valence-electron chi connectivity index (χ2n) is 7.28. The van der Waals surface area contributed by atoms with Crippen LogP contribution in [0.25, 0.3) is 5.52 Å². The van der Waals surface area contributed by atoms with Crippen molar-refractivity contribution in [1.82, 2.24) is 19.5 Å². The first-order chi connectivity index (χ1) is 13.5. The number of fused-ring (bicyclic) bond motifs is 4. The van der Waals surface area contributed by atoms with Crippen molar-refractivity contribution in [2.75, 3.05) is 12.4 Å². The largest absolute Gasteiger partial charge is 0.481 e. The Hall–Kier alpha value is -3.00. The van der Waals surface area contributed by atoms with E-state index in [0.29, 0.717) is 17.9 Å². The molecule has 0 saturated carbocycles. The van der Waals surface area contributed by atoms with Crippen LogP contribution in [0.4, 0.5) is 11.5 Å². The minimum atomic E-state index is -0.741. The van der Waals surface area contributed by atoms with Crippen molar-refractivity contribution in [2.24, 2.45) is 10.9 Å². The number of H-pyrrole nitrogens is 1. The zero-order valence-corrected chi connectivity index (χ0v) is 15.9. The lowest BCUT2D eigenvalue weighted by molar-refractivity contribution is -0.142. The standard InChI is InChI=1S/C19H19ClN6O2/c1-25-9-21-17-15(11-3-2-10(19(27)28)8-13(11)23-17)18(25)24-12-5-7-26-14(16(12)20)4-6-22-26/h4-7,9-10,18,23-24H,2-3,8H2,1H3,(H,27,28). The quantitative estimate of drug-likeness (QED) is 0.629. The highest BCUT2D eigenvalue weighted by atomic mass is 35.5. The molecule has 3 aromatic rings. The van der Waals surface area contributed by atoms with Gasteiger partial charge in [-0.05, 0) is 30.5 Å². The predicted octanol–water partition coefficient (Wildman–Crippen LogP) is 3.22. The molecule has 0 fully saturated rings. The van der Waals surface area contributed by atoms with Gasteiger partial charge in [-0.1, -0.05) is 11.6 Å². The number of anilines is 1. The van der Waals surface area contributed by atoms with Crippen LogP contribution in [0.2, 0.25) is 5.02 Å². The van der Waals surface area contributed by atoms with Crippen LogP contribution in [0.5, 0.6) is 0 Å². The molecule has 1 aliphatic heterocycles. The molecular formula is C19H19ClN6O2. The van der Waals surface area contributed by atoms with Crippen LogP contribution in [-0.2, 0) is 17.6 Å². The Bertz CT molecular complexity index is 1120. The fraction of sp³-hybridized carbons (Fsp3) is 0.316. The summed E-state index contributed by atoms with van der Waals surface area (Å²) in [6.45, 7) is 0. The maximum atomic E-state index is 11.4. The number of hydrogen-bond acceptors (Lipinski definition) is 5. The van der Waals surface area contributed by atoms with E-state index in [1.165, 1.54) is 0 Å². The first kappa shape index (κ1) is 17.1. The lowest BCUT2D eigenvalue weighted by atomic mass is 9.86. The molecule has 8 nitrogen and oxygen atoms in total. The molecule has 0 radical (unpaired) electrons. The summed E-state index contributed by atoms with van der Waals surface area (Å²) in [4.78, 5) is 21.3. The zero-order chi connectivity index (χ0) is 19.4. The second kappa shape index (κ2) is 6.27. The Morgan fingerprint density at radius 1 is 1.43 bits per heavy atom. The highest BCUT2D eigenvalue weighted by molar-refractivity contribution is 6.36. The Morgan fingerprint density at radius 3 is 3.11 bits per heavy atom. The summed E-state index contributed by atoms with van der Waals surface area (Å²) in [5.41, 5.74) is 4.84. The molecule has 3 aromatic heterocycles. The van der Waals surface area contributed by atoms with Crippen molar-refractivity contribution in [1.29, 1.82) is 0 Å². The minimum Gasteiger partial charge on any atom is -0.481 e. The maximum Gasteiger partial charge on any atom is 0.306 e. The van der Waals surface area contributed by atoms with Crippen molar-refractivity contribution in [3.05, 3.63) is 46.4 Å². The first-order valence-corrected chi connectivity index (χ1v) is 9.51. The molecule has 0 bridgehead atoms. The molecule has 144 valence electrons. The third-order valence-corrected chi connectivity index (χ3v) is 6.01. The third kappa shape index (κ3) is 2.56. The fourth-order valence-electron chi connectivity index (χ4n) is 4.14. The number of nitrogens with one attached hydrogen (secondary N) is 2. The molecule has 1 aliphatic carbocycles. The van der Waals surface area contributed by atoms with Gasteiger partial charge in [-0.2, -0.15) is 5.10 Å². The number of pyridine rings is 1. The maximum absolute atomic E-state index is 11.4. The highest BCUT2D eigenvalue weighted by Crippen LogP contribution is 2.42. The Morgan fingerprint density at radius 2 is 2.29 bits per heavy atom. The average molecular weight is 399 g/mol. The smallest absolute Gasteiger partial charge is 0.306 e. The van der Waals surface area contributed by atoms with Gasteiger partial charge in [-0.3, -0.25) is 4.79 Å². The van der Waals surface area contributed by atoms with E-state index in [9.17, 15) is 9.90 Å². The molecule has 2 aliphatic rings. The van der Waals surface area contributed by atoms with Gasteiger partial charge < -0.3 is 20.3 Å². The number of carboxylic acid groups (broad SMARTS) is 1. The van der Waals surface area contributed by atoms with E-state index in [1.54, 1.807) is 17.1 Å². The van der Waals surface area contributed by atoms with Crippen LogP contribution in [0.3, 0.4) is 0 Å². The molecule has 9 heteroatoms. The van der Waals surface area contributed by atoms with E-state index >= 15 is 0 Å². The van der Waals surface area contributed by atoms with Gasteiger partial charge in [0.05, 0.1) is 34.7 Å². The van der Waals surface area contributed by atoms with E-state index in [4.69, 9.17) is 11.6 Å². The average Bonchev–Trinajstić information content (AvgIpc) is 3.30. The van der Waals surface area contributed by atoms with E-state index < -0.39 is 5.97 Å².